The third-order valence-electron chi connectivity index (χ3n) is 5.57. The van der Waals surface area contributed by atoms with Crippen molar-refractivity contribution in [3.05, 3.63) is 71.3 Å². The summed E-state index contributed by atoms with van der Waals surface area (Å²) >= 11 is 0. The van der Waals surface area contributed by atoms with Crippen LogP contribution in [-0.4, -0.2) is 36.0 Å². The van der Waals surface area contributed by atoms with E-state index >= 15 is 0 Å². The zero-order valence-corrected chi connectivity index (χ0v) is 18.0. The molecule has 0 saturated heterocycles. The number of benzene rings is 2. The molecule has 1 aliphatic carbocycles. The molecule has 1 N–H and O–H groups in total. The number of hydrogen-bond donors (Lipinski definition) is 1. The van der Waals surface area contributed by atoms with Crippen LogP contribution in [0.25, 0.3) is 0 Å². The lowest BCUT2D eigenvalue weighted by molar-refractivity contribution is -0.146. The molecule has 1 amide bonds. The van der Waals surface area contributed by atoms with E-state index in [1.54, 1.807) is 6.92 Å². The number of hydrogen-bond acceptors (Lipinski definition) is 4. The second kappa shape index (κ2) is 10.9. The van der Waals surface area contributed by atoms with Crippen molar-refractivity contribution in [2.45, 2.75) is 58.2 Å². The molecule has 0 spiro atoms. The molecule has 0 heterocycles. The highest BCUT2D eigenvalue weighted by atomic mass is 16.5. The predicted octanol–water partition coefficient (Wildman–Crippen LogP) is 4.16. The van der Waals surface area contributed by atoms with Crippen LogP contribution in [0, 0.1) is 6.92 Å². The van der Waals surface area contributed by atoms with Gasteiger partial charge < -0.3 is 10.1 Å². The Bertz CT molecular complexity index is 814. The molecule has 2 aromatic rings. The van der Waals surface area contributed by atoms with Crippen molar-refractivity contribution < 1.29 is 14.3 Å². The normalized spacial score (nSPS) is 15.2. The summed E-state index contributed by atoms with van der Waals surface area (Å²) in [5.74, 6) is -0.370. The van der Waals surface area contributed by atoms with Crippen LogP contribution < -0.4 is 5.32 Å². The van der Waals surface area contributed by atoms with E-state index in [9.17, 15) is 9.59 Å². The molecule has 0 aliphatic heterocycles. The number of amides is 1. The highest BCUT2D eigenvalue weighted by Gasteiger charge is 2.31. The van der Waals surface area contributed by atoms with Crippen molar-refractivity contribution >= 4 is 11.9 Å². The van der Waals surface area contributed by atoms with Gasteiger partial charge >= 0.3 is 5.97 Å². The molecule has 0 aromatic heterocycles. The summed E-state index contributed by atoms with van der Waals surface area (Å²) < 4.78 is 5.22. The number of nitrogens with zero attached hydrogens (tertiary/aromatic N) is 1. The van der Waals surface area contributed by atoms with Gasteiger partial charge in [0.05, 0.1) is 13.2 Å². The lowest BCUT2D eigenvalue weighted by Crippen LogP contribution is -2.45. The summed E-state index contributed by atoms with van der Waals surface area (Å²) in [6, 6.07) is 17.6. The van der Waals surface area contributed by atoms with Gasteiger partial charge in [-0.2, -0.15) is 0 Å². The molecule has 160 valence electrons. The first-order valence-corrected chi connectivity index (χ1v) is 10.9. The largest absolute Gasteiger partial charge is 0.465 e. The number of carbonyl (C=O) groups excluding carboxylic acids is 2. The first-order chi connectivity index (χ1) is 14.6. The van der Waals surface area contributed by atoms with Gasteiger partial charge in [-0.3, -0.25) is 14.5 Å². The highest BCUT2D eigenvalue weighted by Crippen LogP contribution is 2.26. The number of rotatable bonds is 9. The Hall–Kier alpha value is -2.66. The minimum Gasteiger partial charge on any atom is -0.465 e. The van der Waals surface area contributed by atoms with Crippen molar-refractivity contribution in [3.63, 3.8) is 0 Å². The molecule has 5 heteroatoms. The SMILES string of the molecule is CCOC(=O)CN(Cc1ccccc1)[C@@H](C(=O)NC1CCCC1)c1ccc(C)cc1. The second-order valence-electron chi connectivity index (χ2n) is 8.00. The van der Waals surface area contributed by atoms with Gasteiger partial charge in [-0.15, -0.1) is 0 Å². The fraction of sp³-hybridized carbons (Fsp3) is 0.440. The Morgan fingerprint density at radius 2 is 1.73 bits per heavy atom. The lowest BCUT2D eigenvalue weighted by Gasteiger charge is -2.31. The lowest BCUT2D eigenvalue weighted by atomic mass is 10.0. The van der Waals surface area contributed by atoms with Gasteiger partial charge in [0, 0.05) is 12.6 Å². The minimum atomic E-state index is -0.559. The molecule has 2 aromatic carbocycles. The van der Waals surface area contributed by atoms with Crippen molar-refractivity contribution in [1.82, 2.24) is 10.2 Å². The Morgan fingerprint density at radius 1 is 1.07 bits per heavy atom. The first kappa shape index (κ1) is 22.0. The molecule has 1 aliphatic rings. The van der Waals surface area contributed by atoms with Crippen molar-refractivity contribution in [1.29, 1.82) is 0 Å². The van der Waals surface area contributed by atoms with E-state index in [0.29, 0.717) is 13.2 Å². The van der Waals surface area contributed by atoms with Crippen molar-refractivity contribution in [2.24, 2.45) is 0 Å². The van der Waals surface area contributed by atoms with E-state index in [4.69, 9.17) is 4.74 Å². The summed E-state index contributed by atoms with van der Waals surface area (Å²) in [6.07, 6.45) is 4.33. The number of nitrogens with one attached hydrogen (secondary N) is 1. The average Bonchev–Trinajstić information content (AvgIpc) is 3.23. The van der Waals surface area contributed by atoms with Crippen LogP contribution >= 0.6 is 0 Å². The van der Waals surface area contributed by atoms with Gasteiger partial charge in [0.15, 0.2) is 0 Å². The van der Waals surface area contributed by atoms with Crippen LogP contribution in [-0.2, 0) is 20.9 Å². The van der Waals surface area contributed by atoms with E-state index in [0.717, 1.165) is 42.4 Å². The average molecular weight is 409 g/mol. The topological polar surface area (TPSA) is 58.6 Å². The van der Waals surface area contributed by atoms with Crippen LogP contribution in [0.3, 0.4) is 0 Å². The highest BCUT2D eigenvalue weighted by molar-refractivity contribution is 5.84. The standard InChI is InChI=1S/C25H32N2O3/c1-3-30-23(28)18-27(17-20-9-5-4-6-10-20)24(21-15-13-19(2)14-16-21)25(29)26-22-11-7-8-12-22/h4-6,9-10,13-16,22,24H,3,7-8,11-12,17-18H2,1-2H3,(H,26,29)/t24-/m1/s1. The quantitative estimate of drug-likeness (QED) is 0.633. The third-order valence-corrected chi connectivity index (χ3v) is 5.57. The summed E-state index contributed by atoms with van der Waals surface area (Å²) in [6.45, 7) is 4.68. The Labute approximate surface area is 179 Å². The van der Waals surface area contributed by atoms with Gasteiger partial charge in [0.25, 0.3) is 0 Å². The summed E-state index contributed by atoms with van der Waals surface area (Å²) in [5.41, 5.74) is 3.07. The Balaban J connectivity index is 1.91. The molecule has 0 radical (unpaired) electrons. The number of ether oxygens (including phenoxy) is 1. The maximum Gasteiger partial charge on any atom is 0.320 e. The molecule has 1 atom stereocenters. The molecule has 0 unspecified atom stereocenters. The third kappa shape index (κ3) is 6.17. The van der Waals surface area contributed by atoms with Gasteiger partial charge in [0.1, 0.15) is 6.04 Å². The van der Waals surface area contributed by atoms with Gasteiger partial charge in [-0.25, -0.2) is 0 Å². The fourth-order valence-electron chi connectivity index (χ4n) is 4.06. The van der Waals surface area contributed by atoms with Gasteiger partial charge in [0.2, 0.25) is 5.91 Å². The van der Waals surface area contributed by atoms with E-state index in [1.807, 2.05) is 66.4 Å². The van der Waals surface area contributed by atoms with Crippen molar-refractivity contribution in [2.75, 3.05) is 13.2 Å². The molecule has 30 heavy (non-hydrogen) atoms. The Morgan fingerprint density at radius 3 is 2.37 bits per heavy atom. The molecule has 1 fully saturated rings. The number of aryl methyl sites for hydroxylation is 1. The molecular weight excluding hydrogens is 376 g/mol. The molecule has 1 saturated carbocycles. The first-order valence-electron chi connectivity index (χ1n) is 10.9. The van der Waals surface area contributed by atoms with Crippen LogP contribution in [0.5, 0.6) is 0 Å². The molecule has 5 nitrogen and oxygen atoms in total. The number of esters is 1. The summed E-state index contributed by atoms with van der Waals surface area (Å²) in [5, 5.41) is 3.23. The van der Waals surface area contributed by atoms with E-state index in [-0.39, 0.29) is 24.5 Å². The molecule has 3 rings (SSSR count). The molecular formula is C25H32N2O3. The zero-order chi connectivity index (χ0) is 21.3. The van der Waals surface area contributed by atoms with Gasteiger partial charge in [-0.05, 0) is 37.8 Å². The second-order valence-corrected chi connectivity index (χ2v) is 8.00. The van der Waals surface area contributed by atoms with Crippen LogP contribution in [0.4, 0.5) is 0 Å². The summed E-state index contributed by atoms with van der Waals surface area (Å²) in [4.78, 5) is 27.8. The monoisotopic (exact) mass is 408 g/mol. The van der Waals surface area contributed by atoms with Crippen LogP contribution in [0.2, 0.25) is 0 Å². The van der Waals surface area contributed by atoms with Crippen LogP contribution in [0.15, 0.2) is 54.6 Å². The van der Waals surface area contributed by atoms with E-state index in [1.165, 1.54) is 0 Å². The van der Waals surface area contributed by atoms with E-state index in [2.05, 4.69) is 5.32 Å². The smallest absolute Gasteiger partial charge is 0.320 e. The maximum atomic E-state index is 13.5. The predicted molar refractivity (Wildman–Crippen MR) is 118 cm³/mol. The molecule has 0 bridgehead atoms. The van der Waals surface area contributed by atoms with Crippen LogP contribution in [0.1, 0.15) is 55.3 Å². The Kier molecular flexibility index (Phi) is 8.03. The minimum absolute atomic E-state index is 0.0500. The summed E-state index contributed by atoms with van der Waals surface area (Å²) in [7, 11) is 0. The van der Waals surface area contributed by atoms with Gasteiger partial charge in [-0.1, -0.05) is 73.0 Å². The fourth-order valence-corrected chi connectivity index (χ4v) is 4.06. The van der Waals surface area contributed by atoms with Crippen molar-refractivity contribution in [3.8, 4) is 0 Å². The zero-order valence-electron chi connectivity index (χ0n) is 18.0. The van der Waals surface area contributed by atoms with E-state index < -0.39 is 6.04 Å². The maximum absolute atomic E-state index is 13.5. The number of carbonyl (C=O) groups is 2.